The molecule has 0 saturated carbocycles. The molecule has 1 unspecified atom stereocenters. The fourth-order valence-electron chi connectivity index (χ4n) is 2.24. The van der Waals surface area contributed by atoms with Gasteiger partial charge in [0.25, 0.3) is 0 Å². The van der Waals surface area contributed by atoms with Crippen molar-refractivity contribution < 1.29 is 9.13 Å². The highest BCUT2D eigenvalue weighted by Gasteiger charge is 2.18. The molecule has 0 bridgehead atoms. The molecular weight excluding hydrogens is 267 g/mol. The summed E-state index contributed by atoms with van der Waals surface area (Å²) in [5.74, 6) is -0.368. The Morgan fingerprint density at radius 3 is 3.16 bits per heavy atom. The lowest BCUT2D eigenvalue weighted by Gasteiger charge is -2.32. The number of hydrogen-bond acceptors (Lipinski definition) is 3. The van der Waals surface area contributed by atoms with E-state index in [-0.39, 0.29) is 16.9 Å². The standard InChI is InChI=1S/C14H20ClFN2O/c1-2-18-6-7-19-12(10-18)9-17-8-11-4-3-5-13(16)14(11)15/h3-5,12,17H,2,6-10H2,1H3. The zero-order chi connectivity index (χ0) is 13.7. The van der Waals surface area contributed by atoms with Crippen molar-refractivity contribution in [3.8, 4) is 0 Å². The van der Waals surface area contributed by atoms with Crippen molar-refractivity contribution in [1.29, 1.82) is 0 Å². The number of rotatable bonds is 5. The first kappa shape index (κ1) is 14.7. The maximum Gasteiger partial charge on any atom is 0.142 e. The fourth-order valence-corrected chi connectivity index (χ4v) is 2.44. The van der Waals surface area contributed by atoms with Crippen LogP contribution in [0, 0.1) is 5.82 Å². The van der Waals surface area contributed by atoms with Crippen LogP contribution in [0.2, 0.25) is 5.02 Å². The van der Waals surface area contributed by atoms with E-state index in [1.165, 1.54) is 6.07 Å². The molecule has 0 radical (unpaired) electrons. The molecule has 1 aromatic carbocycles. The number of halogens is 2. The van der Waals surface area contributed by atoms with E-state index in [2.05, 4.69) is 17.1 Å². The summed E-state index contributed by atoms with van der Waals surface area (Å²) >= 11 is 5.91. The molecule has 1 heterocycles. The van der Waals surface area contributed by atoms with Crippen molar-refractivity contribution in [2.24, 2.45) is 0 Å². The minimum Gasteiger partial charge on any atom is -0.374 e. The summed E-state index contributed by atoms with van der Waals surface area (Å²) in [5, 5.41) is 3.48. The highest BCUT2D eigenvalue weighted by molar-refractivity contribution is 6.31. The molecule has 1 saturated heterocycles. The van der Waals surface area contributed by atoms with E-state index in [0.717, 1.165) is 38.3 Å². The van der Waals surface area contributed by atoms with Gasteiger partial charge in [-0.25, -0.2) is 4.39 Å². The van der Waals surface area contributed by atoms with Gasteiger partial charge in [0.2, 0.25) is 0 Å². The van der Waals surface area contributed by atoms with Crippen molar-refractivity contribution in [3.05, 3.63) is 34.6 Å². The second kappa shape index (κ2) is 7.20. The zero-order valence-electron chi connectivity index (χ0n) is 11.2. The summed E-state index contributed by atoms with van der Waals surface area (Å²) in [6.07, 6.45) is 0.195. The van der Waals surface area contributed by atoms with Crippen LogP contribution in [0.15, 0.2) is 18.2 Å². The van der Waals surface area contributed by atoms with Crippen LogP contribution in [0.3, 0.4) is 0 Å². The van der Waals surface area contributed by atoms with Crippen LogP contribution in [0.1, 0.15) is 12.5 Å². The largest absolute Gasteiger partial charge is 0.374 e. The number of benzene rings is 1. The number of hydrogen-bond donors (Lipinski definition) is 1. The van der Waals surface area contributed by atoms with E-state index >= 15 is 0 Å². The van der Waals surface area contributed by atoms with Gasteiger partial charge in [-0.1, -0.05) is 30.7 Å². The van der Waals surface area contributed by atoms with Crippen LogP contribution in [0.25, 0.3) is 0 Å². The molecule has 106 valence electrons. The summed E-state index contributed by atoms with van der Waals surface area (Å²) in [6, 6.07) is 4.88. The summed E-state index contributed by atoms with van der Waals surface area (Å²) in [6.45, 7) is 7.24. The van der Waals surface area contributed by atoms with E-state index in [1.807, 2.05) is 6.07 Å². The molecule has 0 amide bonds. The van der Waals surface area contributed by atoms with E-state index in [0.29, 0.717) is 6.54 Å². The van der Waals surface area contributed by atoms with Crippen LogP contribution in [-0.4, -0.2) is 43.8 Å². The summed E-state index contributed by atoms with van der Waals surface area (Å²) in [4.78, 5) is 2.37. The molecule has 2 rings (SSSR count). The molecule has 1 N–H and O–H groups in total. The fraction of sp³-hybridized carbons (Fsp3) is 0.571. The summed E-state index contributed by atoms with van der Waals surface area (Å²) < 4.78 is 19.0. The second-order valence-electron chi connectivity index (χ2n) is 4.73. The van der Waals surface area contributed by atoms with Gasteiger partial charge in [-0.15, -0.1) is 0 Å². The Hall–Kier alpha value is -0.680. The molecule has 1 fully saturated rings. The summed E-state index contributed by atoms with van der Waals surface area (Å²) in [5.41, 5.74) is 0.782. The van der Waals surface area contributed by atoms with Gasteiger partial charge >= 0.3 is 0 Å². The van der Waals surface area contributed by atoms with Gasteiger partial charge in [-0.05, 0) is 18.2 Å². The molecule has 1 aliphatic heterocycles. The summed E-state index contributed by atoms with van der Waals surface area (Å²) in [7, 11) is 0. The number of nitrogens with zero attached hydrogens (tertiary/aromatic N) is 1. The Bertz CT molecular complexity index is 416. The van der Waals surface area contributed by atoms with Gasteiger partial charge in [-0.3, -0.25) is 4.90 Å². The predicted octanol–water partition coefficient (Wildman–Crippen LogP) is 2.29. The molecule has 1 aromatic rings. The normalized spacial score (nSPS) is 20.7. The highest BCUT2D eigenvalue weighted by atomic mass is 35.5. The van der Waals surface area contributed by atoms with Crippen molar-refractivity contribution in [2.75, 3.05) is 32.8 Å². The number of nitrogens with one attached hydrogen (secondary N) is 1. The maximum absolute atomic E-state index is 13.3. The van der Waals surface area contributed by atoms with Gasteiger partial charge in [0.05, 0.1) is 17.7 Å². The average Bonchev–Trinajstić information content (AvgIpc) is 2.44. The number of morpholine rings is 1. The van der Waals surface area contributed by atoms with Gasteiger partial charge in [-0.2, -0.15) is 0 Å². The van der Waals surface area contributed by atoms with E-state index < -0.39 is 0 Å². The van der Waals surface area contributed by atoms with Gasteiger partial charge in [0.1, 0.15) is 5.82 Å². The third-order valence-corrected chi connectivity index (χ3v) is 3.81. The van der Waals surface area contributed by atoms with Crippen molar-refractivity contribution in [1.82, 2.24) is 10.2 Å². The van der Waals surface area contributed by atoms with Crippen LogP contribution in [-0.2, 0) is 11.3 Å². The lowest BCUT2D eigenvalue weighted by Crippen LogP contribution is -2.46. The highest BCUT2D eigenvalue weighted by Crippen LogP contribution is 2.19. The van der Waals surface area contributed by atoms with Crippen LogP contribution < -0.4 is 5.32 Å². The molecule has 1 aliphatic rings. The molecule has 3 nitrogen and oxygen atoms in total. The van der Waals surface area contributed by atoms with Crippen molar-refractivity contribution in [3.63, 3.8) is 0 Å². The number of ether oxygens (including phenoxy) is 1. The third-order valence-electron chi connectivity index (χ3n) is 3.39. The predicted molar refractivity (Wildman–Crippen MR) is 75.0 cm³/mol. The lowest BCUT2D eigenvalue weighted by molar-refractivity contribution is -0.0253. The van der Waals surface area contributed by atoms with E-state index in [1.54, 1.807) is 6.07 Å². The minimum absolute atomic E-state index is 0.195. The van der Waals surface area contributed by atoms with Gasteiger partial charge in [0, 0.05) is 26.2 Å². The quantitative estimate of drug-likeness (QED) is 0.899. The Labute approximate surface area is 118 Å². The number of likely N-dealkylation sites (N-methyl/N-ethyl adjacent to an activating group) is 1. The zero-order valence-corrected chi connectivity index (χ0v) is 11.9. The molecule has 0 spiro atoms. The van der Waals surface area contributed by atoms with Crippen molar-refractivity contribution in [2.45, 2.75) is 19.6 Å². The SMILES string of the molecule is CCN1CCOC(CNCc2cccc(F)c2Cl)C1. The first-order chi connectivity index (χ1) is 9.20. The van der Waals surface area contributed by atoms with Crippen LogP contribution >= 0.6 is 11.6 Å². The molecule has 0 aromatic heterocycles. The maximum atomic E-state index is 13.3. The van der Waals surface area contributed by atoms with E-state index in [9.17, 15) is 4.39 Å². The monoisotopic (exact) mass is 286 g/mol. The molecule has 5 heteroatoms. The smallest absolute Gasteiger partial charge is 0.142 e. The Morgan fingerprint density at radius 2 is 2.37 bits per heavy atom. The third kappa shape index (κ3) is 4.14. The Balaban J connectivity index is 1.78. The lowest BCUT2D eigenvalue weighted by atomic mass is 10.2. The molecule has 1 atom stereocenters. The first-order valence-electron chi connectivity index (χ1n) is 6.68. The van der Waals surface area contributed by atoms with Gasteiger partial charge < -0.3 is 10.1 Å². The van der Waals surface area contributed by atoms with E-state index in [4.69, 9.17) is 16.3 Å². The topological polar surface area (TPSA) is 24.5 Å². The average molecular weight is 287 g/mol. The van der Waals surface area contributed by atoms with Crippen molar-refractivity contribution >= 4 is 11.6 Å². The Kier molecular flexibility index (Phi) is 5.58. The van der Waals surface area contributed by atoms with Crippen LogP contribution in [0.4, 0.5) is 4.39 Å². The second-order valence-corrected chi connectivity index (χ2v) is 5.11. The minimum atomic E-state index is -0.368. The molecule has 0 aliphatic carbocycles. The van der Waals surface area contributed by atoms with Gasteiger partial charge in [0.15, 0.2) is 0 Å². The Morgan fingerprint density at radius 1 is 1.53 bits per heavy atom. The van der Waals surface area contributed by atoms with Crippen LogP contribution in [0.5, 0.6) is 0 Å². The molecular formula is C14H20ClFN2O. The first-order valence-corrected chi connectivity index (χ1v) is 7.06. The molecule has 19 heavy (non-hydrogen) atoms.